The summed E-state index contributed by atoms with van der Waals surface area (Å²) in [4.78, 5) is 27.0. The Hall–Kier alpha value is -2.73. The van der Waals surface area contributed by atoms with Crippen molar-refractivity contribution in [2.75, 3.05) is 5.32 Å². The lowest BCUT2D eigenvalue weighted by Gasteiger charge is -2.14. The maximum absolute atomic E-state index is 11.9. The Morgan fingerprint density at radius 2 is 1.91 bits per heavy atom. The van der Waals surface area contributed by atoms with Gasteiger partial charge in [-0.15, -0.1) is 0 Å². The van der Waals surface area contributed by atoms with Crippen LogP contribution in [0.15, 0.2) is 54.9 Å². The highest BCUT2D eigenvalue weighted by Crippen LogP contribution is 2.05. The van der Waals surface area contributed by atoms with Gasteiger partial charge in [-0.05, 0) is 17.7 Å². The summed E-state index contributed by atoms with van der Waals surface area (Å²) >= 11 is 0. The van der Waals surface area contributed by atoms with Gasteiger partial charge in [0.05, 0.1) is 18.3 Å². The summed E-state index contributed by atoms with van der Waals surface area (Å²) in [7, 11) is 0. The zero-order chi connectivity index (χ0) is 15.8. The highest BCUT2D eigenvalue weighted by molar-refractivity contribution is 5.93. The van der Waals surface area contributed by atoms with Crippen molar-refractivity contribution >= 4 is 17.6 Å². The molecule has 6 heteroatoms. The maximum atomic E-state index is 11.9. The molecule has 0 aliphatic heterocycles. The van der Waals surface area contributed by atoms with Crippen molar-refractivity contribution in [2.45, 2.75) is 19.0 Å². The number of carbonyl (C=O) groups is 2. The van der Waals surface area contributed by atoms with E-state index >= 15 is 0 Å². The van der Waals surface area contributed by atoms with Crippen LogP contribution in [0.3, 0.4) is 0 Å². The molecule has 1 aromatic carbocycles. The van der Waals surface area contributed by atoms with Crippen molar-refractivity contribution in [3.63, 3.8) is 0 Å². The van der Waals surface area contributed by atoms with E-state index in [1.807, 2.05) is 30.3 Å². The molecule has 0 aliphatic carbocycles. The summed E-state index contributed by atoms with van der Waals surface area (Å²) in [6, 6.07) is 11.9. The third-order valence-corrected chi connectivity index (χ3v) is 3.03. The molecule has 1 aromatic heterocycles. The monoisotopic (exact) mass is 299 g/mol. The number of hydrogen-bond donors (Lipinski definition) is 3. The van der Waals surface area contributed by atoms with Crippen LogP contribution >= 0.6 is 0 Å². The Labute approximate surface area is 128 Å². The molecule has 114 valence electrons. The van der Waals surface area contributed by atoms with E-state index < -0.39 is 12.0 Å². The molecule has 0 aliphatic rings. The molecule has 2 aromatic rings. The van der Waals surface area contributed by atoms with Gasteiger partial charge in [0.2, 0.25) is 5.91 Å². The number of carbonyl (C=O) groups excluding carboxylic acids is 1. The van der Waals surface area contributed by atoms with Crippen LogP contribution in [0, 0.1) is 0 Å². The van der Waals surface area contributed by atoms with Gasteiger partial charge in [0.1, 0.15) is 6.04 Å². The van der Waals surface area contributed by atoms with Gasteiger partial charge in [0.25, 0.3) is 0 Å². The lowest BCUT2D eigenvalue weighted by molar-refractivity contribution is -0.141. The fraction of sp³-hybridized carbons (Fsp3) is 0.188. The predicted molar refractivity (Wildman–Crippen MR) is 82.2 cm³/mol. The zero-order valence-electron chi connectivity index (χ0n) is 11.9. The third kappa shape index (κ3) is 4.99. The number of amides is 1. The van der Waals surface area contributed by atoms with Gasteiger partial charge < -0.3 is 10.4 Å². The van der Waals surface area contributed by atoms with Gasteiger partial charge in [-0.1, -0.05) is 30.3 Å². The number of pyridine rings is 1. The van der Waals surface area contributed by atoms with Crippen LogP contribution in [0.4, 0.5) is 5.69 Å². The fourth-order valence-corrected chi connectivity index (χ4v) is 1.92. The molecule has 0 radical (unpaired) electrons. The van der Waals surface area contributed by atoms with E-state index in [0.29, 0.717) is 12.2 Å². The van der Waals surface area contributed by atoms with E-state index in [9.17, 15) is 14.7 Å². The molecule has 1 atom stereocenters. The molecule has 0 bridgehead atoms. The first-order valence-electron chi connectivity index (χ1n) is 6.85. The predicted octanol–water partition coefficient (Wildman–Crippen LogP) is 1.65. The minimum Gasteiger partial charge on any atom is -0.480 e. The zero-order valence-corrected chi connectivity index (χ0v) is 11.9. The Morgan fingerprint density at radius 3 is 2.55 bits per heavy atom. The second kappa shape index (κ2) is 7.90. The molecule has 2 rings (SSSR count). The highest BCUT2D eigenvalue weighted by atomic mass is 16.4. The molecule has 3 N–H and O–H groups in total. The lowest BCUT2D eigenvalue weighted by Crippen LogP contribution is -2.39. The lowest BCUT2D eigenvalue weighted by atomic mass is 10.1. The second-order valence-corrected chi connectivity index (χ2v) is 4.75. The van der Waals surface area contributed by atoms with Crippen molar-refractivity contribution in [1.29, 1.82) is 0 Å². The van der Waals surface area contributed by atoms with E-state index in [-0.39, 0.29) is 12.3 Å². The average Bonchev–Trinajstić information content (AvgIpc) is 2.53. The third-order valence-electron chi connectivity index (χ3n) is 3.03. The number of nitrogens with zero attached hydrogens (tertiary/aromatic N) is 1. The van der Waals surface area contributed by atoms with Gasteiger partial charge in [0, 0.05) is 12.7 Å². The number of aromatic nitrogens is 1. The summed E-state index contributed by atoms with van der Waals surface area (Å²) in [5.41, 5.74) is 1.50. The summed E-state index contributed by atoms with van der Waals surface area (Å²) in [5.74, 6) is -1.43. The number of anilines is 1. The molecule has 0 spiro atoms. The number of benzene rings is 1. The summed E-state index contributed by atoms with van der Waals surface area (Å²) in [5, 5.41) is 14.7. The number of carboxylic acids is 1. The number of carboxylic acid groups (broad SMARTS) is 1. The molecule has 1 heterocycles. The Morgan fingerprint density at radius 1 is 1.14 bits per heavy atom. The van der Waals surface area contributed by atoms with Crippen LogP contribution in [0.5, 0.6) is 0 Å². The summed E-state index contributed by atoms with van der Waals surface area (Å²) < 4.78 is 0. The maximum Gasteiger partial charge on any atom is 0.321 e. The van der Waals surface area contributed by atoms with Crippen molar-refractivity contribution in [1.82, 2.24) is 10.3 Å². The number of nitrogens with one attached hydrogen (secondary N) is 2. The van der Waals surface area contributed by atoms with Crippen molar-refractivity contribution in [2.24, 2.45) is 0 Å². The molecule has 0 saturated heterocycles. The minimum atomic E-state index is -1.06. The van der Waals surface area contributed by atoms with E-state index in [1.165, 1.54) is 6.20 Å². The average molecular weight is 299 g/mol. The molecule has 6 nitrogen and oxygen atoms in total. The molecule has 22 heavy (non-hydrogen) atoms. The van der Waals surface area contributed by atoms with Crippen LogP contribution in [-0.2, 0) is 16.1 Å². The first kappa shape index (κ1) is 15.7. The standard InChI is InChI=1S/C16H17N3O3/c20-15(19-13-7-4-8-17-11-13)9-14(16(21)22)18-10-12-5-2-1-3-6-12/h1-8,11,14,18H,9-10H2,(H,19,20)(H,21,22)/t14-/m0/s1. The van der Waals surface area contributed by atoms with E-state index in [4.69, 9.17) is 0 Å². The van der Waals surface area contributed by atoms with Crippen LogP contribution in [0.1, 0.15) is 12.0 Å². The normalized spacial score (nSPS) is 11.6. The van der Waals surface area contributed by atoms with Gasteiger partial charge in [-0.3, -0.25) is 19.9 Å². The van der Waals surface area contributed by atoms with E-state index in [0.717, 1.165) is 5.56 Å². The van der Waals surface area contributed by atoms with Crippen LogP contribution in [-0.4, -0.2) is 28.0 Å². The molecular weight excluding hydrogens is 282 g/mol. The van der Waals surface area contributed by atoms with E-state index in [2.05, 4.69) is 15.6 Å². The largest absolute Gasteiger partial charge is 0.480 e. The smallest absolute Gasteiger partial charge is 0.321 e. The van der Waals surface area contributed by atoms with Crippen molar-refractivity contribution in [3.05, 3.63) is 60.4 Å². The Kier molecular flexibility index (Phi) is 5.62. The van der Waals surface area contributed by atoms with Crippen LogP contribution in [0.2, 0.25) is 0 Å². The Balaban J connectivity index is 1.88. The topological polar surface area (TPSA) is 91.3 Å². The van der Waals surface area contributed by atoms with Gasteiger partial charge in [-0.2, -0.15) is 0 Å². The van der Waals surface area contributed by atoms with Crippen LogP contribution in [0.25, 0.3) is 0 Å². The fourth-order valence-electron chi connectivity index (χ4n) is 1.92. The number of aliphatic carboxylic acids is 1. The molecule has 0 unspecified atom stereocenters. The Bertz CT molecular complexity index is 617. The quantitative estimate of drug-likeness (QED) is 0.723. The van der Waals surface area contributed by atoms with E-state index in [1.54, 1.807) is 18.3 Å². The SMILES string of the molecule is O=C(C[C@H](NCc1ccccc1)C(=O)O)Nc1cccnc1. The highest BCUT2D eigenvalue weighted by Gasteiger charge is 2.20. The summed E-state index contributed by atoms with van der Waals surface area (Å²) in [6.07, 6.45) is 2.94. The molecular formula is C16H17N3O3. The first-order chi connectivity index (χ1) is 10.6. The van der Waals surface area contributed by atoms with Crippen molar-refractivity contribution in [3.8, 4) is 0 Å². The van der Waals surface area contributed by atoms with Crippen LogP contribution < -0.4 is 10.6 Å². The molecule has 0 fully saturated rings. The van der Waals surface area contributed by atoms with Gasteiger partial charge >= 0.3 is 5.97 Å². The first-order valence-corrected chi connectivity index (χ1v) is 6.85. The van der Waals surface area contributed by atoms with Gasteiger partial charge in [-0.25, -0.2) is 0 Å². The number of hydrogen-bond acceptors (Lipinski definition) is 4. The molecule has 0 saturated carbocycles. The second-order valence-electron chi connectivity index (χ2n) is 4.75. The summed E-state index contributed by atoms with van der Waals surface area (Å²) in [6.45, 7) is 0.387. The molecule has 1 amide bonds. The minimum absolute atomic E-state index is 0.156. The van der Waals surface area contributed by atoms with Gasteiger partial charge in [0.15, 0.2) is 0 Å². The van der Waals surface area contributed by atoms with Crippen molar-refractivity contribution < 1.29 is 14.7 Å². The number of rotatable bonds is 7.